The van der Waals surface area contributed by atoms with Gasteiger partial charge in [-0.15, -0.1) is 6.58 Å². The van der Waals surface area contributed by atoms with Gasteiger partial charge in [-0.05, 0) is 23.8 Å². The first-order chi connectivity index (χ1) is 10.1. The van der Waals surface area contributed by atoms with Crippen LogP contribution in [0.3, 0.4) is 0 Å². The summed E-state index contributed by atoms with van der Waals surface area (Å²) in [4.78, 5) is 25.7. The van der Waals surface area contributed by atoms with Gasteiger partial charge in [0.15, 0.2) is 0 Å². The van der Waals surface area contributed by atoms with Crippen molar-refractivity contribution in [3.05, 3.63) is 53.0 Å². The third kappa shape index (κ3) is 3.40. The zero-order chi connectivity index (χ0) is 15.4. The van der Waals surface area contributed by atoms with Gasteiger partial charge in [-0.2, -0.15) is 0 Å². The van der Waals surface area contributed by atoms with E-state index in [0.29, 0.717) is 21.3 Å². The standard InChI is InChI=1S/C15H14N2O2S2/c1-3-8-17-14(19)12(21-15(17)20)9-10-4-6-11(7-5-10)13(18)16-2/h3-7,9H,1,8H2,2H3,(H,16,18). The molecule has 4 nitrogen and oxygen atoms in total. The summed E-state index contributed by atoms with van der Waals surface area (Å²) in [5.74, 6) is -0.251. The molecule has 1 aromatic rings. The van der Waals surface area contributed by atoms with Crippen LogP contribution < -0.4 is 5.32 Å². The van der Waals surface area contributed by atoms with Crippen molar-refractivity contribution < 1.29 is 9.59 Å². The van der Waals surface area contributed by atoms with E-state index in [0.717, 1.165) is 5.56 Å². The fourth-order valence-corrected chi connectivity index (χ4v) is 3.09. The van der Waals surface area contributed by atoms with Crippen molar-refractivity contribution >= 4 is 46.2 Å². The molecule has 1 aromatic carbocycles. The summed E-state index contributed by atoms with van der Waals surface area (Å²) in [6.07, 6.45) is 3.42. The third-order valence-electron chi connectivity index (χ3n) is 2.88. The van der Waals surface area contributed by atoms with Crippen molar-refractivity contribution in [3.8, 4) is 0 Å². The van der Waals surface area contributed by atoms with Gasteiger partial charge in [0.25, 0.3) is 11.8 Å². The Bertz CT molecular complexity index is 636. The lowest BCUT2D eigenvalue weighted by Crippen LogP contribution is -2.27. The van der Waals surface area contributed by atoms with Gasteiger partial charge < -0.3 is 5.32 Å². The molecule has 0 aromatic heterocycles. The molecule has 1 aliphatic rings. The van der Waals surface area contributed by atoms with Gasteiger partial charge in [0.05, 0.1) is 4.91 Å². The Hall–Kier alpha value is -1.92. The number of thioether (sulfide) groups is 1. The summed E-state index contributed by atoms with van der Waals surface area (Å²) in [6.45, 7) is 4.03. The predicted molar refractivity (Wildman–Crippen MR) is 89.9 cm³/mol. The molecule has 1 saturated heterocycles. The maximum Gasteiger partial charge on any atom is 0.266 e. The lowest BCUT2D eigenvalue weighted by molar-refractivity contribution is -0.121. The second kappa shape index (κ2) is 6.69. The van der Waals surface area contributed by atoms with Crippen LogP contribution in [0.4, 0.5) is 0 Å². The molecule has 1 aliphatic heterocycles. The minimum Gasteiger partial charge on any atom is -0.355 e. The number of carbonyl (C=O) groups is 2. The van der Waals surface area contributed by atoms with Crippen LogP contribution in [0.2, 0.25) is 0 Å². The first-order valence-electron chi connectivity index (χ1n) is 6.25. The maximum absolute atomic E-state index is 12.2. The van der Waals surface area contributed by atoms with E-state index in [2.05, 4.69) is 11.9 Å². The van der Waals surface area contributed by atoms with E-state index in [-0.39, 0.29) is 11.8 Å². The van der Waals surface area contributed by atoms with E-state index in [1.807, 2.05) is 0 Å². The number of nitrogens with zero attached hydrogens (tertiary/aromatic N) is 1. The Balaban J connectivity index is 2.20. The number of hydrogen-bond donors (Lipinski definition) is 1. The highest BCUT2D eigenvalue weighted by molar-refractivity contribution is 8.26. The molecule has 0 bridgehead atoms. The maximum atomic E-state index is 12.2. The molecule has 0 radical (unpaired) electrons. The van der Waals surface area contributed by atoms with Crippen LogP contribution in [-0.4, -0.2) is 34.6 Å². The number of thiocarbonyl (C=S) groups is 1. The molecule has 0 spiro atoms. The zero-order valence-corrected chi connectivity index (χ0v) is 13.1. The number of amides is 2. The fraction of sp³-hybridized carbons (Fsp3) is 0.133. The molecule has 2 rings (SSSR count). The van der Waals surface area contributed by atoms with Crippen molar-refractivity contribution in [2.75, 3.05) is 13.6 Å². The highest BCUT2D eigenvalue weighted by Gasteiger charge is 2.30. The first-order valence-corrected chi connectivity index (χ1v) is 7.47. The van der Waals surface area contributed by atoms with Gasteiger partial charge in [-0.1, -0.05) is 42.2 Å². The summed E-state index contributed by atoms with van der Waals surface area (Å²) in [5.41, 5.74) is 1.43. The van der Waals surface area contributed by atoms with Crippen LogP contribution in [0.5, 0.6) is 0 Å². The molecule has 0 atom stereocenters. The van der Waals surface area contributed by atoms with Gasteiger partial charge in [0, 0.05) is 19.2 Å². The monoisotopic (exact) mass is 318 g/mol. The molecule has 0 unspecified atom stereocenters. The SMILES string of the molecule is C=CCN1C(=O)C(=Cc2ccc(C(=O)NC)cc2)SC1=S. The number of nitrogens with one attached hydrogen (secondary N) is 1. The summed E-state index contributed by atoms with van der Waals surface area (Å²) in [7, 11) is 1.58. The van der Waals surface area contributed by atoms with Gasteiger partial charge in [-0.25, -0.2) is 0 Å². The molecular formula is C15H14N2O2S2. The van der Waals surface area contributed by atoms with Crippen molar-refractivity contribution in [2.45, 2.75) is 0 Å². The summed E-state index contributed by atoms with van der Waals surface area (Å²) >= 11 is 6.45. The van der Waals surface area contributed by atoms with Crippen LogP contribution in [0.1, 0.15) is 15.9 Å². The van der Waals surface area contributed by atoms with Gasteiger partial charge >= 0.3 is 0 Å². The van der Waals surface area contributed by atoms with E-state index in [9.17, 15) is 9.59 Å². The summed E-state index contributed by atoms with van der Waals surface area (Å²) in [5, 5.41) is 2.56. The van der Waals surface area contributed by atoms with Gasteiger partial charge in [0.1, 0.15) is 4.32 Å². The Morgan fingerprint density at radius 1 is 1.43 bits per heavy atom. The number of carbonyl (C=O) groups excluding carboxylic acids is 2. The van der Waals surface area contributed by atoms with E-state index in [1.165, 1.54) is 16.7 Å². The molecule has 2 amide bonds. The number of hydrogen-bond acceptors (Lipinski definition) is 4. The van der Waals surface area contributed by atoms with Crippen LogP contribution >= 0.6 is 24.0 Å². The van der Waals surface area contributed by atoms with E-state index >= 15 is 0 Å². The Morgan fingerprint density at radius 3 is 2.67 bits per heavy atom. The fourth-order valence-electron chi connectivity index (χ4n) is 1.81. The predicted octanol–water partition coefficient (Wildman–Crippen LogP) is 2.43. The van der Waals surface area contributed by atoms with Crippen molar-refractivity contribution in [1.82, 2.24) is 10.2 Å². The molecule has 1 fully saturated rings. The van der Waals surface area contributed by atoms with Gasteiger partial charge in [-0.3, -0.25) is 14.5 Å². The second-order valence-corrected chi connectivity index (χ2v) is 5.96. The van der Waals surface area contributed by atoms with E-state index in [1.54, 1.807) is 43.5 Å². The zero-order valence-electron chi connectivity index (χ0n) is 11.5. The van der Waals surface area contributed by atoms with E-state index in [4.69, 9.17) is 12.2 Å². The normalized spacial score (nSPS) is 16.4. The minimum atomic E-state index is -0.140. The Labute approximate surface area is 132 Å². The number of benzene rings is 1. The summed E-state index contributed by atoms with van der Waals surface area (Å²) < 4.78 is 0.535. The Morgan fingerprint density at radius 2 is 2.10 bits per heavy atom. The van der Waals surface area contributed by atoms with Crippen LogP contribution in [0, 0.1) is 0 Å². The van der Waals surface area contributed by atoms with Crippen LogP contribution in [-0.2, 0) is 4.79 Å². The summed E-state index contributed by atoms with van der Waals surface area (Å²) in [6, 6.07) is 7.03. The molecular weight excluding hydrogens is 304 g/mol. The Kier molecular flexibility index (Phi) is 4.93. The average molecular weight is 318 g/mol. The van der Waals surface area contributed by atoms with Crippen molar-refractivity contribution in [2.24, 2.45) is 0 Å². The first kappa shape index (κ1) is 15.5. The topological polar surface area (TPSA) is 49.4 Å². The molecule has 0 aliphatic carbocycles. The largest absolute Gasteiger partial charge is 0.355 e. The third-order valence-corrected chi connectivity index (χ3v) is 4.26. The molecule has 1 N–H and O–H groups in total. The van der Waals surface area contributed by atoms with Crippen molar-refractivity contribution in [1.29, 1.82) is 0 Å². The lowest BCUT2D eigenvalue weighted by Gasteiger charge is -2.10. The smallest absolute Gasteiger partial charge is 0.266 e. The van der Waals surface area contributed by atoms with Crippen LogP contribution in [0.15, 0.2) is 41.8 Å². The molecule has 0 saturated carbocycles. The van der Waals surface area contributed by atoms with Gasteiger partial charge in [0.2, 0.25) is 0 Å². The average Bonchev–Trinajstić information content (AvgIpc) is 2.75. The molecule has 21 heavy (non-hydrogen) atoms. The molecule has 108 valence electrons. The molecule has 1 heterocycles. The highest BCUT2D eigenvalue weighted by Crippen LogP contribution is 2.32. The minimum absolute atomic E-state index is 0.111. The van der Waals surface area contributed by atoms with E-state index < -0.39 is 0 Å². The molecule has 6 heteroatoms. The number of rotatable bonds is 4. The quantitative estimate of drug-likeness (QED) is 0.526. The van der Waals surface area contributed by atoms with Crippen LogP contribution in [0.25, 0.3) is 6.08 Å². The van der Waals surface area contributed by atoms with Crippen molar-refractivity contribution in [3.63, 3.8) is 0 Å². The highest BCUT2D eigenvalue weighted by atomic mass is 32.2. The lowest BCUT2D eigenvalue weighted by atomic mass is 10.1. The second-order valence-electron chi connectivity index (χ2n) is 4.28.